The van der Waals surface area contributed by atoms with Crippen molar-refractivity contribution in [2.24, 2.45) is 11.8 Å². The van der Waals surface area contributed by atoms with Crippen LogP contribution in [-0.2, 0) is 14.4 Å². The summed E-state index contributed by atoms with van der Waals surface area (Å²) in [4.78, 5) is 36.8. The zero-order valence-corrected chi connectivity index (χ0v) is 17.6. The van der Waals surface area contributed by atoms with E-state index in [1.807, 2.05) is 6.07 Å². The SMILES string of the molecule is N#CC(CC1CCNC1=O)NC(=O)C(CC1CC1)NC(=O)/C=C/c1ccc(Cl)cc1F. The maximum absolute atomic E-state index is 13.9. The molecule has 9 heteroatoms. The Morgan fingerprint density at radius 2 is 2.06 bits per heavy atom. The zero-order valence-electron chi connectivity index (χ0n) is 16.9. The summed E-state index contributed by atoms with van der Waals surface area (Å²) in [6.07, 6.45) is 5.75. The highest BCUT2D eigenvalue weighted by molar-refractivity contribution is 6.30. The van der Waals surface area contributed by atoms with Gasteiger partial charge in [0, 0.05) is 29.1 Å². The van der Waals surface area contributed by atoms with Gasteiger partial charge < -0.3 is 16.0 Å². The molecule has 0 bridgehead atoms. The Bertz CT molecular complexity index is 926. The van der Waals surface area contributed by atoms with Crippen molar-refractivity contribution in [3.63, 3.8) is 0 Å². The van der Waals surface area contributed by atoms with Gasteiger partial charge in [-0.2, -0.15) is 5.26 Å². The molecule has 1 saturated heterocycles. The quantitative estimate of drug-likeness (QED) is 0.505. The molecule has 3 amide bonds. The molecule has 31 heavy (non-hydrogen) atoms. The first-order chi connectivity index (χ1) is 14.9. The van der Waals surface area contributed by atoms with E-state index in [1.54, 1.807) is 0 Å². The van der Waals surface area contributed by atoms with Gasteiger partial charge in [-0.1, -0.05) is 30.5 Å². The van der Waals surface area contributed by atoms with Crippen LogP contribution >= 0.6 is 11.6 Å². The lowest BCUT2D eigenvalue weighted by Gasteiger charge is -2.20. The molecular weight excluding hydrogens is 423 g/mol. The van der Waals surface area contributed by atoms with Gasteiger partial charge in [0.05, 0.1) is 6.07 Å². The maximum Gasteiger partial charge on any atom is 0.244 e. The summed E-state index contributed by atoms with van der Waals surface area (Å²) in [7, 11) is 0. The second-order valence-electron chi connectivity index (χ2n) is 7.94. The van der Waals surface area contributed by atoms with Crippen LogP contribution in [0.5, 0.6) is 0 Å². The summed E-state index contributed by atoms with van der Waals surface area (Å²) in [6.45, 7) is 0.566. The number of nitrogens with one attached hydrogen (secondary N) is 3. The lowest BCUT2D eigenvalue weighted by Crippen LogP contribution is -2.49. The van der Waals surface area contributed by atoms with Crippen LogP contribution in [0.1, 0.15) is 37.7 Å². The van der Waals surface area contributed by atoms with Crippen LogP contribution in [0.2, 0.25) is 5.02 Å². The normalized spacial score (nSPS) is 20.0. The van der Waals surface area contributed by atoms with Crippen LogP contribution in [0.15, 0.2) is 24.3 Å². The lowest BCUT2D eigenvalue weighted by molar-refractivity contribution is -0.128. The van der Waals surface area contributed by atoms with Crippen molar-refractivity contribution < 1.29 is 18.8 Å². The van der Waals surface area contributed by atoms with Crippen molar-refractivity contribution in [2.75, 3.05) is 6.54 Å². The molecule has 3 unspecified atom stereocenters. The van der Waals surface area contributed by atoms with Gasteiger partial charge in [0.25, 0.3) is 0 Å². The third kappa shape index (κ3) is 6.79. The number of benzene rings is 1. The van der Waals surface area contributed by atoms with Gasteiger partial charge in [-0.05, 0) is 43.4 Å². The van der Waals surface area contributed by atoms with E-state index in [9.17, 15) is 24.0 Å². The van der Waals surface area contributed by atoms with Crippen molar-refractivity contribution in [3.05, 3.63) is 40.7 Å². The number of nitrogens with zero attached hydrogens (tertiary/aromatic N) is 1. The number of rotatable bonds is 9. The molecule has 164 valence electrons. The van der Waals surface area contributed by atoms with Crippen LogP contribution in [0.3, 0.4) is 0 Å². The molecule has 1 saturated carbocycles. The predicted octanol–water partition coefficient (Wildman–Crippen LogP) is 2.31. The van der Waals surface area contributed by atoms with E-state index in [4.69, 9.17) is 11.6 Å². The Labute approximate surface area is 185 Å². The molecule has 1 aromatic rings. The minimum atomic E-state index is -0.821. The number of halogens is 2. The van der Waals surface area contributed by atoms with E-state index in [1.165, 1.54) is 18.2 Å². The second-order valence-corrected chi connectivity index (χ2v) is 8.38. The highest BCUT2D eigenvalue weighted by Gasteiger charge is 2.32. The summed E-state index contributed by atoms with van der Waals surface area (Å²) >= 11 is 5.72. The maximum atomic E-state index is 13.9. The largest absolute Gasteiger partial charge is 0.356 e. The summed E-state index contributed by atoms with van der Waals surface area (Å²) in [5.74, 6) is -1.64. The minimum Gasteiger partial charge on any atom is -0.356 e. The first-order valence-corrected chi connectivity index (χ1v) is 10.6. The van der Waals surface area contributed by atoms with Crippen molar-refractivity contribution >= 4 is 35.4 Å². The molecule has 3 rings (SSSR count). The summed E-state index contributed by atoms with van der Waals surface area (Å²) < 4.78 is 13.9. The number of hydrogen-bond donors (Lipinski definition) is 3. The van der Waals surface area contributed by atoms with Crippen LogP contribution in [0, 0.1) is 29.0 Å². The number of carbonyl (C=O) groups is 3. The average Bonchev–Trinajstić information content (AvgIpc) is 3.46. The molecule has 3 N–H and O–H groups in total. The monoisotopic (exact) mass is 446 g/mol. The van der Waals surface area contributed by atoms with Gasteiger partial charge in [-0.25, -0.2) is 4.39 Å². The van der Waals surface area contributed by atoms with Gasteiger partial charge in [-0.15, -0.1) is 0 Å². The van der Waals surface area contributed by atoms with Crippen LogP contribution in [-0.4, -0.2) is 36.3 Å². The highest BCUT2D eigenvalue weighted by atomic mass is 35.5. The van der Waals surface area contributed by atoms with Crippen molar-refractivity contribution in [1.29, 1.82) is 5.26 Å². The fourth-order valence-electron chi connectivity index (χ4n) is 3.51. The van der Waals surface area contributed by atoms with Crippen LogP contribution in [0.25, 0.3) is 6.08 Å². The van der Waals surface area contributed by atoms with Gasteiger partial charge >= 0.3 is 0 Å². The number of amides is 3. The van der Waals surface area contributed by atoms with Crippen molar-refractivity contribution in [1.82, 2.24) is 16.0 Å². The Hall–Kier alpha value is -2.92. The lowest BCUT2D eigenvalue weighted by atomic mass is 9.98. The molecule has 1 heterocycles. The van der Waals surface area contributed by atoms with Crippen LogP contribution < -0.4 is 16.0 Å². The van der Waals surface area contributed by atoms with Crippen molar-refractivity contribution in [3.8, 4) is 6.07 Å². The van der Waals surface area contributed by atoms with E-state index in [2.05, 4.69) is 16.0 Å². The second kappa shape index (κ2) is 10.4. The molecule has 0 spiro atoms. The minimum absolute atomic E-state index is 0.114. The first-order valence-electron chi connectivity index (χ1n) is 10.3. The van der Waals surface area contributed by atoms with Gasteiger partial charge in [0.1, 0.15) is 17.9 Å². The molecule has 0 aromatic heterocycles. The standard InChI is InChI=1S/C22H24ClFN4O3/c23-16-5-3-14(18(24)11-16)4-6-20(29)28-19(9-13-1-2-13)22(31)27-17(12-25)10-15-7-8-26-21(15)30/h3-6,11,13,15,17,19H,1-2,7-10H2,(H,26,30)(H,27,31)(H,28,29)/b6-4+. The summed E-state index contributed by atoms with van der Waals surface area (Å²) in [5.41, 5.74) is 0.196. The molecule has 0 radical (unpaired) electrons. The van der Waals surface area contributed by atoms with Crippen molar-refractivity contribution in [2.45, 2.75) is 44.2 Å². The summed E-state index contributed by atoms with van der Waals surface area (Å²) in [6, 6.07) is 4.50. The third-order valence-electron chi connectivity index (χ3n) is 5.43. The molecular formula is C22H24ClFN4O3. The Morgan fingerprint density at radius 3 is 2.68 bits per heavy atom. The Morgan fingerprint density at radius 1 is 1.29 bits per heavy atom. The smallest absolute Gasteiger partial charge is 0.244 e. The number of hydrogen-bond acceptors (Lipinski definition) is 4. The Balaban J connectivity index is 1.59. The van der Waals surface area contributed by atoms with E-state index in [-0.39, 0.29) is 28.8 Å². The fraction of sp³-hybridized carbons (Fsp3) is 0.455. The molecule has 2 aliphatic rings. The zero-order chi connectivity index (χ0) is 22.4. The molecule has 1 aromatic carbocycles. The van der Waals surface area contributed by atoms with Gasteiger partial charge in [-0.3, -0.25) is 14.4 Å². The number of nitriles is 1. The highest BCUT2D eigenvalue weighted by Crippen LogP contribution is 2.33. The fourth-order valence-corrected chi connectivity index (χ4v) is 3.67. The number of carbonyl (C=O) groups excluding carboxylic acids is 3. The third-order valence-corrected chi connectivity index (χ3v) is 5.67. The van der Waals surface area contributed by atoms with E-state index in [0.29, 0.717) is 25.3 Å². The molecule has 7 nitrogen and oxygen atoms in total. The van der Waals surface area contributed by atoms with Gasteiger partial charge in [0.15, 0.2) is 0 Å². The average molecular weight is 447 g/mol. The topological polar surface area (TPSA) is 111 Å². The predicted molar refractivity (Wildman–Crippen MR) is 113 cm³/mol. The van der Waals surface area contributed by atoms with Crippen LogP contribution in [0.4, 0.5) is 4.39 Å². The van der Waals surface area contributed by atoms with E-state index < -0.39 is 29.7 Å². The molecule has 3 atom stereocenters. The van der Waals surface area contributed by atoms with Gasteiger partial charge in [0.2, 0.25) is 17.7 Å². The first kappa shape index (κ1) is 22.8. The summed E-state index contributed by atoms with van der Waals surface area (Å²) in [5, 5.41) is 17.7. The van der Waals surface area contributed by atoms with E-state index in [0.717, 1.165) is 25.0 Å². The molecule has 1 aliphatic heterocycles. The Kier molecular flexibility index (Phi) is 7.64. The molecule has 2 fully saturated rings. The molecule has 1 aliphatic carbocycles. The van der Waals surface area contributed by atoms with E-state index >= 15 is 0 Å².